The first-order valence-electron chi connectivity index (χ1n) is 7.22. The summed E-state index contributed by atoms with van der Waals surface area (Å²) in [7, 11) is 0. The van der Waals surface area contributed by atoms with Crippen LogP contribution in [0.15, 0.2) is 18.3 Å². The van der Waals surface area contributed by atoms with Crippen molar-refractivity contribution < 1.29 is 23.1 Å². The summed E-state index contributed by atoms with van der Waals surface area (Å²) in [6, 6.07) is 2.07. The minimum Gasteiger partial charge on any atom is -0.396 e. The van der Waals surface area contributed by atoms with Crippen LogP contribution < -0.4 is 0 Å². The van der Waals surface area contributed by atoms with E-state index >= 15 is 0 Å². The molecular weight excluding hydrogens is 313 g/mol. The molecule has 3 rings (SSSR count). The highest BCUT2D eigenvalue weighted by Crippen LogP contribution is 2.29. The Kier molecular flexibility index (Phi) is 3.97. The van der Waals surface area contributed by atoms with E-state index in [1.165, 1.54) is 11.0 Å². The Balaban J connectivity index is 1.93. The molecule has 0 spiro atoms. The highest BCUT2D eigenvalue weighted by atomic mass is 19.4. The van der Waals surface area contributed by atoms with Crippen LogP contribution in [-0.4, -0.2) is 50.2 Å². The zero-order valence-electron chi connectivity index (χ0n) is 12.1. The molecule has 2 aromatic heterocycles. The fraction of sp³-hybridized carbons (Fsp3) is 0.500. The van der Waals surface area contributed by atoms with E-state index in [9.17, 15) is 23.1 Å². The van der Waals surface area contributed by atoms with E-state index in [0.29, 0.717) is 17.6 Å². The second kappa shape index (κ2) is 5.80. The van der Waals surface area contributed by atoms with Gasteiger partial charge in [0.05, 0.1) is 0 Å². The molecule has 1 aliphatic heterocycles. The maximum absolute atomic E-state index is 13.0. The van der Waals surface area contributed by atoms with Crippen molar-refractivity contribution >= 4 is 11.6 Å². The molecule has 0 bridgehead atoms. The minimum absolute atomic E-state index is 0.00593. The SMILES string of the molecule is O=C(c1cc2nccc(C(F)(F)F)n2n1)N1CCCC(CO)C1. The van der Waals surface area contributed by atoms with Crippen LogP contribution in [0.4, 0.5) is 13.2 Å². The highest BCUT2D eigenvalue weighted by molar-refractivity contribution is 5.93. The summed E-state index contributed by atoms with van der Waals surface area (Å²) in [5.41, 5.74) is -1.08. The van der Waals surface area contributed by atoms with E-state index in [1.807, 2.05) is 0 Å². The average Bonchev–Trinajstić information content (AvgIpc) is 2.97. The van der Waals surface area contributed by atoms with E-state index in [-0.39, 0.29) is 23.9 Å². The molecule has 6 nitrogen and oxygen atoms in total. The Morgan fingerprint density at radius 1 is 1.43 bits per heavy atom. The van der Waals surface area contributed by atoms with Gasteiger partial charge in [0, 0.05) is 32.0 Å². The highest BCUT2D eigenvalue weighted by Gasteiger charge is 2.35. The third kappa shape index (κ3) is 3.00. The Morgan fingerprint density at radius 3 is 2.91 bits per heavy atom. The molecule has 1 fully saturated rings. The summed E-state index contributed by atoms with van der Waals surface area (Å²) < 4.78 is 39.5. The largest absolute Gasteiger partial charge is 0.433 e. The molecule has 1 unspecified atom stereocenters. The van der Waals surface area contributed by atoms with Gasteiger partial charge in [-0.05, 0) is 24.8 Å². The molecule has 124 valence electrons. The lowest BCUT2D eigenvalue weighted by Gasteiger charge is -2.31. The van der Waals surface area contributed by atoms with Gasteiger partial charge >= 0.3 is 6.18 Å². The van der Waals surface area contributed by atoms with Gasteiger partial charge in [0.2, 0.25) is 0 Å². The van der Waals surface area contributed by atoms with Gasteiger partial charge in [-0.15, -0.1) is 0 Å². The zero-order chi connectivity index (χ0) is 16.6. The summed E-state index contributed by atoms with van der Waals surface area (Å²) in [6.07, 6.45) is -1.97. The second-order valence-corrected chi connectivity index (χ2v) is 5.57. The topological polar surface area (TPSA) is 70.7 Å². The van der Waals surface area contributed by atoms with Crippen LogP contribution in [0.5, 0.6) is 0 Å². The number of piperidine rings is 1. The zero-order valence-corrected chi connectivity index (χ0v) is 12.1. The fourth-order valence-electron chi connectivity index (χ4n) is 2.77. The van der Waals surface area contributed by atoms with Gasteiger partial charge < -0.3 is 10.0 Å². The predicted octanol–water partition coefficient (Wildman–Crippen LogP) is 1.59. The number of amides is 1. The van der Waals surface area contributed by atoms with Crippen molar-refractivity contribution in [2.45, 2.75) is 19.0 Å². The number of halogens is 3. The van der Waals surface area contributed by atoms with Crippen LogP contribution in [0.3, 0.4) is 0 Å². The standard InChI is InChI=1S/C14H15F3N4O2/c15-14(16,17)11-3-4-18-12-6-10(19-21(11)12)13(23)20-5-1-2-9(7-20)8-22/h3-4,6,9,22H,1-2,5,7-8H2. The lowest BCUT2D eigenvalue weighted by atomic mass is 9.99. The summed E-state index contributed by atoms with van der Waals surface area (Å²) in [6.45, 7) is 0.861. The van der Waals surface area contributed by atoms with Crippen molar-refractivity contribution in [3.63, 3.8) is 0 Å². The van der Waals surface area contributed by atoms with Gasteiger partial charge in [-0.2, -0.15) is 18.3 Å². The third-order valence-electron chi connectivity index (χ3n) is 3.93. The van der Waals surface area contributed by atoms with Crippen LogP contribution in [0.25, 0.3) is 5.65 Å². The maximum Gasteiger partial charge on any atom is 0.433 e. The lowest BCUT2D eigenvalue weighted by Crippen LogP contribution is -2.41. The summed E-state index contributed by atoms with van der Waals surface area (Å²) in [5.74, 6) is -0.449. The van der Waals surface area contributed by atoms with E-state index in [2.05, 4.69) is 10.1 Å². The van der Waals surface area contributed by atoms with Gasteiger partial charge in [0.1, 0.15) is 5.69 Å². The van der Waals surface area contributed by atoms with Crippen LogP contribution in [-0.2, 0) is 6.18 Å². The van der Waals surface area contributed by atoms with E-state index < -0.39 is 17.8 Å². The smallest absolute Gasteiger partial charge is 0.396 e. The number of nitrogens with zero attached hydrogens (tertiary/aromatic N) is 4. The second-order valence-electron chi connectivity index (χ2n) is 5.57. The molecule has 3 heterocycles. The summed E-state index contributed by atoms with van der Waals surface area (Å²) in [4.78, 5) is 17.8. The van der Waals surface area contributed by atoms with Crippen LogP contribution in [0.2, 0.25) is 0 Å². The molecule has 1 atom stereocenters. The van der Waals surface area contributed by atoms with Gasteiger partial charge in [-0.3, -0.25) is 4.79 Å². The maximum atomic E-state index is 13.0. The molecular formula is C14H15F3N4O2. The van der Waals surface area contributed by atoms with Crippen molar-refractivity contribution in [1.82, 2.24) is 19.5 Å². The third-order valence-corrected chi connectivity index (χ3v) is 3.93. The van der Waals surface area contributed by atoms with Crippen molar-refractivity contribution in [2.75, 3.05) is 19.7 Å². The molecule has 1 N–H and O–H groups in total. The first-order chi connectivity index (χ1) is 10.9. The van der Waals surface area contributed by atoms with Crippen LogP contribution in [0, 0.1) is 5.92 Å². The Hall–Kier alpha value is -2.16. The number of hydrogen-bond acceptors (Lipinski definition) is 4. The van der Waals surface area contributed by atoms with Gasteiger partial charge in [0.15, 0.2) is 11.3 Å². The van der Waals surface area contributed by atoms with Crippen molar-refractivity contribution in [2.24, 2.45) is 5.92 Å². The first-order valence-corrected chi connectivity index (χ1v) is 7.22. The van der Waals surface area contributed by atoms with E-state index in [4.69, 9.17) is 0 Å². The van der Waals surface area contributed by atoms with Crippen LogP contribution >= 0.6 is 0 Å². The minimum atomic E-state index is -4.58. The lowest BCUT2D eigenvalue weighted by molar-refractivity contribution is -0.142. The molecule has 0 saturated carbocycles. The number of aliphatic hydroxyl groups excluding tert-OH is 1. The Labute approximate surface area is 129 Å². The first kappa shape index (κ1) is 15.7. The molecule has 1 saturated heterocycles. The average molecular weight is 328 g/mol. The molecule has 0 aromatic carbocycles. The van der Waals surface area contributed by atoms with Crippen molar-refractivity contribution in [1.29, 1.82) is 0 Å². The Bertz CT molecular complexity index is 728. The molecule has 23 heavy (non-hydrogen) atoms. The molecule has 0 aliphatic carbocycles. The molecule has 2 aromatic rings. The fourth-order valence-corrected chi connectivity index (χ4v) is 2.77. The Morgan fingerprint density at radius 2 is 2.22 bits per heavy atom. The number of carbonyl (C=O) groups is 1. The van der Waals surface area contributed by atoms with Gasteiger partial charge in [0.25, 0.3) is 5.91 Å². The van der Waals surface area contributed by atoms with Crippen molar-refractivity contribution in [3.8, 4) is 0 Å². The van der Waals surface area contributed by atoms with E-state index in [1.54, 1.807) is 0 Å². The monoisotopic (exact) mass is 328 g/mol. The van der Waals surface area contributed by atoms with Gasteiger partial charge in [-0.1, -0.05) is 0 Å². The number of aromatic nitrogens is 3. The summed E-state index contributed by atoms with van der Waals surface area (Å²) in [5, 5.41) is 13.0. The van der Waals surface area contributed by atoms with Crippen LogP contribution in [0.1, 0.15) is 29.0 Å². The van der Waals surface area contributed by atoms with E-state index in [0.717, 1.165) is 25.1 Å². The number of likely N-dealkylation sites (tertiary alicyclic amines) is 1. The van der Waals surface area contributed by atoms with Gasteiger partial charge in [-0.25, -0.2) is 9.50 Å². The van der Waals surface area contributed by atoms with Crippen molar-refractivity contribution in [3.05, 3.63) is 29.7 Å². The summed E-state index contributed by atoms with van der Waals surface area (Å²) >= 11 is 0. The number of rotatable bonds is 2. The molecule has 1 amide bonds. The quantitative estimate of drug-likeness (QED) is 0.909. The number of hydrogen-bond donors (Lipinski definition) is 1. The number of aliphatic hydroxyl groups is 1. The number of carbonyl (C=O) groups excluding carboxylic acids is 1. The number of alkyl halides is 3. The normalized spacial score (nSPS) is 19.3. The predicted molar refractivity (Wildman–Crippen MR) is 73.7 cm³/mol. The molecule has 9 heteroatoms. The molecule has 1 aliphatic rings. The molecule has 0 radical (unpaired) electrons. The number of fused-ring (bicyclic) bond motifs is 1.